The number of hydrogen-bond donors (Lipinski definition) is 1. The van der Waals surface area contributed by atoms with Crippen LogP contribution in [0.1, 0.15) is 25.7 Å². The molecule has 2 atom stereocenters. The number of imide groups is 2. The number of urea groups is 1. The van der Waals surface area contributed by atoms with Crippen LogP contribution in [0.4, 0.5) is 4.79 Å². The Morgan fingerprint density at radius 1 is 1.14 bits per heavy atom. The molecular weight excluding hydrogens is 276 g/mol. The van der Waals surface area contributed by atoms with Gasteiger partial charge in [-0.25, -0.2) is 4.79 Å². The normalized spacial score (nSPS) is 31.6. The molecule has 3 aliphatic rings. The Kier molecular flexibility index (Phi) is 4.21. The number of carbonyl (C=O) groups is 3. The molecule has 0 aromatic carbocycles. The lowest BCUT2D eigenvalue weighted by molar-refractivity contribution is -0.148. The standard InChI is InChI=1S/C14H20N2O5/c17-12-11(9-3-1-2-4-9)13(18)16(14(19)15-12)7-10-8-20-5-6-21-10/h9-11H,1-8H2,(H,15,17,19). The lowest BCUT2D eigenvalue weighted by Gasteiger charge is -2.35. The third-order valence-electron chi connectivity index (χ3n) is 4.43. The first kappa shape index (κ1) is 14.5. The summed E-state index contributed by atoms with van der Waals surface area (Å²) in [5.41, 5.74) is 0. The summed E-state index contributed by atoms with van der Waals surface area (Å²) in [5.74, 6) is -1.51. The van der Waals surface area contributed by atoms with Crippen LogP contribution in [0.5, 0.6) is 0 Å². The SMILES string of the molecule is O=C1NC(=O)N(CC2COCCO2)C(=O)C1C1CCCC1. The van der Waals surface area contributed by atoms with E-state index in [2.05, 4.69) is 5.32 Å². The van der Waals surface area contributed by atoms with E-state index in [1.165, 1.54) is 0 Å². The highest BCUT2D eigenvalue weighted by Crippen LogP contribution is 2.34. The smallest absolute Gasteiger partial charge is 0.330 e. The van der Waals surface area contributed by atoms with Crippen LogP contribution in [0.2, 0.25) is 0 Å². The van der Waals surface area contributed by atoms with Gasteiger partial charge in [0, 0.05) is 0 Å². The molecule has 7 heteroatoms. The summed E-state index contributed by atoms with van der Waals surface area (Å²) in [6.07, 6.45) is 3.50. The fourth-order valence-corrected chi connectivity index (χ4v) is 3.36. The van der Waals surface area contributed by atoms with E-state index in [-0.39, 0.29) is 24.5 Å². The summed E-state index contributed by atoms with van der Waals surface area (Å²) in [7, 11) is 0. The molecule has 0 radical (unpaired) electrons. The maximum atomic E-state index is 12.6. The second kappa shape index (κ2) is 6.11. The minimum Gasteiger partial charge on any atom is -0.376 e. The zero-order chi connectivity index (χ0) is 14.8. The first-order valence-electron chi connectivity index (χ1n) is 7.52. The third kappa shape index (κ3) is 2.94. The summed E-state index contributed by atoms with van der Waals surface area (Å²) in [5, 5.41) is 2.31. The molecule has 1 aliphatic carbocycles. The van der Waals surface area contributed by atoms with Gasteiger partial charge in [0.2, 0.25) is 11.8 Å². The Morgan fingerprint density at radius 2 is 1.90 bits per heavy atom. The van der Waals surface area contributed by atoms with E-state index in [9.17, 15) is 14.4 Å². The van der Waals surface area contributed by atoms with Crippen LogP contribution in [0.15, 0.2) is 0 Å². The molecule has 3 rings (SSSR count). The zero-order valence-corrected chi connectivity index (χ0v) is 11.9. The molecular formula is C14H20N2O5. The average Bonchev–Trinajstić information content (AvgIpc) is 2.98. The van der Waals surface area contributed by atoms with E-state index in [4.69, 9.17) is 9.47 Å². The highest BCUT2D eigenvalue weighted by molar-refractivity contribution is 6.16. The van der Waals surface area contributed by atoms with E-state index >= 15 is 0 Å². The maximum absolute atomic E-state index is 12.6. The van der Waals surface area contributed by atoms with Gasteiger partial charge in [0.05, 0.1) is 32.5 Å². The summed E-state index contributed by atoms with van der Waals surface area (Å²) in [6.45, 7) is 1.49. The number of barbiturate groups is 1. The lowest BCUT2D eigenvalue weighted by Crippen LogP contribution is -2.61. The quantitative estimate of drug-likeness (QED) is 0.757. The monoisotopic (exact) mass is 296 g/mol. The molecule has 0 spiro atoms. The molecule has 4 amide bonds. The average molecular weight is 296 g/mol. The minimum atomic E-state index is -0.727. The van der Waals surface area contributed by atoms with Crippen LogP contribution in [0.3, 0.4) is 0 Å². The molecule has 0 aromatic heterocycles. The predicted molar refractivity (Wildman–Crippen MR) is 71.3 cm³/mol. The molecule has 0 bridgehead atoms. The van der Waals surface area contributed by atoms with Crippen molar-refractivity contribution in [1.29, 1.82) is 0 Å². The molecule has 2 aliphatic heterocycles. The zero-order valence-electron chi connectivity index (χ0n) is 11.9. The minimum absolute atomic E-state index is 0.0524. The molecule has 7 nitrogen and oxygen atoms in total. The Morgan fingerprint density at radius 3 is 2.57 bits per heavy atom. The van der Waals surface area contributed by atoms with E-state index < -0.39 is 17.9 Å². The van der Waals surface area contributed by atoms with Crippen molar-refractivity contribution < 1.29 is 23.9 Å². The van der Waals surface area contributed by atoms with E-state index in [0.717, 1.165) is 30.6 Å². The van der Waals surface area contributed by atoms with Gasteiger partial charge in [-0.2, -0.15) is 0 Å². The van der Waals surface area contributed by atoms with Crippen molar-refractivity contribution in [1.82, 2.24) is 10.2 Å². The van der Waals surface area contributed by atoms with Crippen molar-refractivity contribution in [3.8, 4) is 0 Å². The first-order valence-corrected chi connectivity index (χ1v) is 7.52. The van der Waals surface area contributed by atoms with Crippen molar-refractivity contribution in [2.45, 2.75) is 31.8 Å². The largest absolute Gasteiger partial charge is 0.376 e. The Hall–Kier alpha value is -1.47. The fourth-order valence-electron chi connectivity index (χ4n) is 3.36. The molecule has 21 heavy (non-hydrogen) atoms. The van der Waals surface area contributed by atoms with Crippen LogP contribution in [0.25, 0.3) is 0 Å². The van der Waals surface area contributed by atoms with Crippen molar-refractivity contribution in [2.75, 3.05) is 26.4 Å². The second-order valence-corrected chi connectivity index (χ2v) is 5.83. The van der Waals surface area contributed by atoms with Crippen LogP contribution in [-0.4, -0.2) is 55.2 Å². The van der Waals surface area contributed by atoms with Crippen LogP contribution in [0, 0.1) is 11.8 Å². The van der Waals surface area contributed by atoms with Gasteiger partial charge >= 0.3 is 6.03 Å². The van der Waals surface area contributed by atoms with Crippen molar-refractivity contribution in [3.63, 3.8) is 0 Å². The van der Waals surface area contributed by atoms with Crippen molar-refractivity contribution in [3.05, 3.63) is 0 Å². The van der Waals surface area contributed by atoms with Gasteiger partial charge in [0.15, 0.2) is 0 Å². The van der Waals surface area contributed by atoms with E-state index in [0.29, 0.717) is 19.8 Å². The van der Waals surface area contributed by atoms with Crippen LogP contribution >= 0.6 is 0 Å². The lowest BCUT2D eigenvalue weighted by atomic mass is 9.87. The Balaban J connectivity index is 1.70. The van der Waals surface area contributed by atoms with E-state index in [1.54, 1.807) is 0 Å². The van der Waals surface area contributed by atoms with Crippen LogP contribution < -0.4 is 5.32 Å². The molecule has 2 heterocycles. The van der Waals surface area contributed by atoms with Gasteiger partial charge in [0.1, 0.15) is 5.92 Å². The van der Waals surface area contributed by atoms with E-state index in [1.807, 2.05) is 0 Å². The maximum Gasteiger partial charge on any atom is 0.330 e. The number of ether oxygens (including phenoxy) is 2. The Labute approximate surface area is 122 Å². The van der Waals surface area contributed by atoms with Gasteiger partial charge in [0.25, 0.3) is 0 Å². The molecule has 1 N–H and O–H groups in total. The molecule has 3 fully saturated rings. The number of nitrogens with one attached hydrogen (secondary N) is 1. The summed E-state index contributed by atoms with van der Waals surface area (Å²) < 4.78 is 10.8. The van der Waals surface area contributed by atoms with Gasteiger partial charge in [-0.15, -0.1) is 0 Å². The molecule has 1 saturated carbocycles. The van der Waals surface area contributed by atoms with Gasteiger partial charge in [-0.3, -0.25) is 19.8 Å². The highest BCUT2D eigenvalue weighted by atomic mass is 16.6. The number of carbonyl (C=O) groups excluding carboxylic acids is 3. The molecule has 2 saturated heterocycles. The number of amides is 4. The van der Waals surface area contributed by atoms with Crippen molar-refractivity contribution in [2.24, 2.45) is 11.8 Å². The van der Waals surface area contributed by atoms with Gasteiger partial charge < -0.3 is 9.47 Å². The predicted octanol–water partition coefficient (Wildman–Crippen LogP) is 0.287. The topological polar surface area (TPSA) is 84.9 Å². The Bertz CT molecular complexity index is 441. The summed E-state index contributed by atoms with van der Waals surface area (Å²) in [6, 6.07) is -0.645. The highest BCUT2D eigenvalue weighted by Gasteiger charge is 2.45. The van der Waals surface area contributed by atoms with Gasteiger partial charge in [-0.05, 0) is 18.8 Å². The number of rotatable bonds is 3. The first-order chi connectivity index (χ1) is 10.2. The van der Waals surface area contributed by atoms with Gasteiger partial charge in [-0.1, -0.05) is 12.8 Å². The molecule has 116 valence electrons. The molecule has 2 unspecified atom stereocenters. The summed E-state index contributed by atoms with van der Waals surface area (Å²) in [4.78, 5) is 37.6. The number of hydrogen-bond acceptors (Lipinski definition) is 5. The third-order valence-corrected chi connectivity index (χ3v) is 4.43. The summed E-state index contributed by atoms with van der Waals surface area (Å²) >= 11 is 0. The second-order valence-electron chi connectivity index (χ2n) is 5.83. The number of nitrogens with zero attached hydrogens (tertiary/aromatic N) is 1. The van der Waals surface area contributed by atoms with Crippen molar-refractivity contribution >= 4 is 17.8 Å². The fraction of sp³-hybridized carbons (Fsp3) is 0.786. The molecule has 0 aromatic rings. The van der Waals surface area contributed by atoms with Crippen LogP contribution in [-0.2, 0) is 19.1 Å².